The Labute approximate surface area is 94.6 Å². The van der Waals surface area contributed by atoms with Crippen molar-refractivity contribution in [3.63, 3.8) is 0 Å². The molecule has 2 N–H and O–H groups in total. The largest absolute Gasteiger partial charge is 0.327 e. The number of nitrogens with zero attached hydrogens (tertiary/aromatic N) is 2. The predicted octanol–water partition coefficient (Wildman–Crippen LogP) is 1.14. The molecule has 0 aromatic rings. The van der Waals surface area contributed by atoms with Crippen LogP contribution in [0.4, 0.5) is 0 Å². The number of rotatable bonds is 5. The van der Waals surface area contributed by atoms with Crippen LogP contribution in [0.2, 0.25) is 0 Å². The van der Waals surface area contributed by atoms with Gasteiger partial charge >= 0.3 is 0 Å². The Morgan fingerprint density at radius 3 is 2.73 bits per heavy atom. The van der Waals surface area contributed by atoms with Crippen molar-refractivity contribution in [3.8, 4) is 0 Å². The molecule has 1 saturated heterocycles. The van der Waals surface area contributed by atoms with Gasteiger partial charge in [0.25, 0.3) is 0 Å². The number of hydrogen-bond acceptors (Lipinski definition) is 3. The highest BCUT2D eigenvalue weighted by molar-refractivity contribution is 4.72. The molecule has 90 valence electrons. The summed E-state index contributed by atoms with van der Waals surface area (Å²) in [5.41, 5.74) is 6.12. The summed E-state index contributed by atoms with van der Waals surface area (Å²) < 4.78 is 0. The molecule has 0 saturated carbocycles. The lowest BCUT2D eigenvalue weighted by Crippen LogP contribution is -2.39. The van der Waals surface area contributed by atoms with Gasteiger partial charge in [-0.15, -0.1) is 0 Å². The molecule has 0 bridgehead atoms. The molecule has 1 fully saturated rings. The maximum absolute atomic E-state index is 6.12. The van der Waals surface area contributed by atoms with E-state index in [1.54, 1.807) is 0 Å². The van der Waals surface area contributed by atoms with E-state index in [-0.39, 0.29) is 0 Å². The number of likely N-dealkylation sites (N-methyl/N-ethyl adjacent to an activating group) is 1. The highest BCUT2D eigenvalue weighted by atomic mass is 15.2. The van der Waals surface area contributed by atoms with Crippen molar-refractivity contribution in [3.05, 3.63) is 0 Å². The molecule has 0 aromatic heterocycles. The van der Waals surface area contributed by atoms with Gasteiger partial charge in [0.1, 0.15) is 0 Å². The Bertz CT molecular complexity index is 161. The summed E-state index contributed by atoms with van der Waals surface area (Å²) in [5.74, 6) is 0. The van der Waals surface area contributed by atoms with Crippen molar-refractivity contribution in [2.45, 2.75) is 38.6 Å². The summed E-state index contributed by atoms with van der Waals surface area (Å²) in [6.45, 7) is 8.17. The molecule has 1 heterocycles. The Morgan fingerprint density at radius 2 is 2.00 bits per heavy atom. The smallest absolute Gasteiger partial charge is 0.0167 e. The van der Waals surface area contributed by atoms with Gasteiger partial charge in [-0.25, -0.2) is 0 Å². The molecule has 3 heteroatoms. The second kappa shape index (κ2) is 7.20. The normalized spacial score (nSPS) is 22.6. The minimum Gasteiger partial charge on any atom is -0.327 e. The molecule has 0 aromatic carbocycles. The van der Waals surface area contributed by atoms with Crippen LogP contribution in [-0.2, 0) is 0 Å². The molecule has 0 amide bonds. The van der Waals surface area contributed by atoms with Crippen molar-refractivity contribution in [2.24, 2.45) is 5.73 Å². The maximum Gasteiger partial charge on any atom is 0.0167 e. The second-order valence-electron chi connectivity index (χ2n) is 4.86. The Morgan fingerprint density at radius 1 is 1.20 bits per heavy atom. The minimum absolute atomic E-state index is 0.383. The lowest BCUT2D eigenvalue weighted by molar-refractivity contribution is 0.256. The van der Waals surface area contributed by atoms with E-state index in [4.69, 9.17) is 5.73 Å². The van der Waals surface area contributed by atoms with Crippen LogP contribution in [0.3, 0.4) is 0 Å². The van der Waals surface area contributed by atoms with E-state index in [1.807, 2.05) is 0 Å². The Hall–Kier alpha value is -0.120. The maximum atomic E-state index is 6.12. The highest BCUT2D eigenvalue weighted by Crippen LogP contribution is 2.04. The minimum atomic E-state index is 0.383. The molecule has 1 rings (SSSR count). The van der Waals surface area contributed by atoms with Crippen LogP contribution >= 0.6 is 0 Å². The van der Waals surface area contributed by atoms with E-state index >= 15 is 0 Å². The van der Waals surface area contributed by atoms with Gasteiger partial charge in [-0.1, -0.05) is 19.8 Å². The van der Waals surface area contributed by atoms with E-state index in [0.29, 0.717) is 6.04 Å². The second-order valence-corrected chi connectivity index (χ2v) is 4.86. The number of nitrogens with two attached hydrogens (primary N) is 1. The predicted molar refractivity (Wildman–Crippen MR) is 66.1 cm³/mol. The van der Waals surface area contributed by atoms with Crippen molar-refractivity contribution >= 4 is 0 Å². The molecule has 1 unspecified atom stereocenters. The van der Waals surface area contributed by atoms with Gasteiger partial charge in [-0.3, -0.25) is 0 Å². The van der Waals surface area contributed by atoms with E-state index in [2.05, 4.69) is 23.8 Å². The first-order valence-corrected chi connectivity index (χ1v) is 6.39. The zero-order chi connectivity index (χ0) is 11.1. The first-order chi connectivity index (χ1) is 7.22. The average molecular weight is 213 g/mol. The molecule has 0 aliphatic carbocycles. The number of hydrogen-bond donors (Lipinski definition) is 1. The summed E-state index contributed by atoms with van der Waals surface area (Å²) in [4.78, 5) is 4.95. The quantitative estimate of drug-likeness (QED) is 0.743. The summed E-state index contributed by atoms with van der Waals surface area (Å²) >= 11 is 0. The fourth-order valence-electron chi connectivity index (χ4n) is 2.17. The highest BCUT2D eigenvalue weighted by Gasteiger charge is 2.14. The summed E-state index contributed by atoms with van der Waals surface area (Å²) in [7, 11) is 2.21. The third-order valence-corrected chi connectivity index (χ3v) is 3.23. The number of unbranched alkanes of at least 4 members (excludes halogenated alkanes) is 1. The van der Waals surface area contributed by atoms with Crippen molar-refractivity contribution in [1.29, 1.82) is 0 Å². The fraction of sp³-hybridized carbons (Fsp3) is 1.00. The Balaban J connectivity index is 2.18. The SMILES string of the molecule is CCCCC(N)CN1CCCN(C)CC1. The van der Waals surface area contributed by atoms with Crippen molar-refractivity contribution in [1.82, 2.24) is 9.80 Å². The van der Waals surface area contributed by atoms with Gasteiger partial charge in [0.05, 0.1) is 0 Å². The van der Waals surface area contributed by atoms with Crippen molar-refractivity contribution in [2.75, 3.05) is 39.8 Å². The molecule has 1 aliphatic heterocycles. The first-order valence-electron chi connectivity index (χ1n) is 6.39. The van der Waals surface area contributed by atoms with E-state index < -0.39 is 0 Å². The van der Waals surface area contributed by atoms with Crippen molar-refractivity contribution < 1.29 is 0 Å². The van der Waals surface area contributed by atoms with Crippen LogP contribution in [0, 0.1) is 0 Å². The molecule has 0 spiro atoms. The van der Waals surface area contributed by atoms with Crippen LogP contribution in [0.25, 0.3) is 0 Å². The average Bonchev–Trinajstić information content (AvgIpc) is 2.41. The molecule has 15 heavy (non-hydrogen) atoms. The molecule has 1 atom stereocenters. The standard InChI is InChI=1S/C12H27N3/c1-3-4-6-12(13)11-15-8-5-7-14(2)9-10-15/h12H,3-11,13H2,1-2H3. The zero-order valence-corrected chi connectivity index (χ0v) is 10.4. The van der Waals surface area contributed by atoms with Crippen LogP contribution in [0.5, 0.6) is 0 Å². The molecule has 3 nitrogen and oxygen atoms in total. The van der Waals surface area contributed by atoms with E-state index in [1.165, 1.54) is 51.9 Å². The van der Waals surface area contributed by atoms with Gasteiger partial charge < -0.3 is 15.5 Å². The van der Waals surface area contributed by atoms with Crippen LogP contribution < -0.4 is 5.73 Å². The monoisotopic (exact) mass is 213 g/mol. The molecule has 0 radical (unpaired) electrons. The van der Waals surface area contributed by atoms with Gasteiger partial charge in [0, 0.05) is 25.7 Å². The zero-order valence-electron chi connectivity index (χ0n) is 10.4. The van der Waals surface area contributed by atoms with Crippen LogP contribution in [0.15, 0.2) is 0 Å². The third-order valence-electron chi connectivity index (χ3n) is 3.23. The molecule has 1 aliphatic rings. The summed E-state index contributed by atoms with van der Waals surface area (Å²) in [6, 6.07) is 0.383. The lowest BCUT2D eigenvalue weighted by atomic mass is 10.1. The third kappa shape index (κ3) is 5.50. The lowest BCUT2D eigenvalue weighted by Gasteiger charge is -2.23. The first kappa shape index (κ1) is 12.9. The van der Waals surface area contributed by atoms with Gasteiger partial charge in [-0.2, -0.15) is 0 Å². The van der Waals surface area contributed by atoms with Gasteiger partial charge in [0.2, 0.25) is 0 Å². The molecular weight excluding hydrogens is 186 g/mol. The Kier molecular flexibility index (Phi) is 6.22. The van der Waals surface area contributed by atoms with E-state index in [9.17, 15) is 0 Å². The van der Waals surface area contributed by atoms with Crippen LogP contribution in [-0.4, -0.2) is 55.6 Å². The van der Waals surface area contributed by atoms with Gasteiger partial charge in [-0.05, 0) is 33.0 Å². The van der Waals surface area contributed by atoms with Crippen LogP contribution in [0.1, 0.15) is 32.6 Å². The topological polar surface area (TPSA) is 32.5 Å². The molecular formula is C12H27N3. The summed E-state index contributed by atoms with van der Waals surface area (Å²) in [5, 5.41) is 0. The van der Waals surface area contributed by atoms with Gasteiger partial charge in [0.15, 0.2) is 0 Å². The van der Waals surface area contributed by atoms with E-state index in [0.717, 1.165) is 6.54 Å². The summed E-state index contributed by atoms with van der Waals surface area (Å²) in [6.07, 6.45) is 5.01. The fourth-order valence-corrected chi connectivity index (χ4v) is 2.17.